The second-order valence-electron chi connectivity index (χ2n) is 6.77. The molecule has 0 radical (unpaired) electrons. The number of halogens is 2. The van der Waals surface area contributed by atoms with Crippen molar-refractivity contribution in [1.82, 2.24) is 14.5 Å². The highest BCUT2D eigenvalue weighted by molar-refractivity contribution is 6.35. The van der Waals surface area contributed by atoms with E-state index in [0.717, 1.165) is 6.42 Å². The number of nitrogens with zero attached hydrogens (tertiary/aromatic N) is 3. The molecule has 152 valence electrons. The average molecular weight is 428 g/mol. The molecule has 0 aliphatic heterocycles. The molecule has 1 amide bonds. The minimum absolute atomic E-state index is 0.00303. The van der Waals surface area contributed by atoms with Crippen LogP contribution in [-0.4, -0.2) is 27.0 Å². The molecule has 2 aromatic heterocycles. The lowest BCUT2D eigenvalue weighted by Gasteiger charge is -2.26. The number of hydrogen-bond acceptors (Lipinski definition) is 5. The highest BCUT2D eigenvalue weighted by Crippen LogP contribution is 2.24. The zero-order valence-electron chi connectivity index (χ0n) is 16.0. The van der Waals surface area contributed by atoms with Crippen LogP contribution in [-0.2, 0) is 6.54 Å². The van der Waals surface area contributed by atoms with Gasteiger partial charge in [0.05, 0.1) is 5.02 Å². The van der Waals surface area contributed by atoms with E-state index in [2.05, 4.69) is 9.97 Å². The number of pyridine rings is 1. The first-order valence-corrected chi connectivity index (χ1v) is 9.69. The lowest BCUT2D eigenvalue weighted by molar-refractivity contribution is 0.0979. The number of carbonyl (C=O) groups excluding carboxylic acids is 1. The van der Waals surface area contributed by atoms with E-state index < -0.39 is 17.2 Å². The summed E-state index contributed by atoms with van der Waals surface area (Å²) in [5, 5.41) is 0.185. The topological polar surface area (TPSA) is 114 Å². The van der Waals surface area contributed by atoms with Gasteiger partial charge in [0.2, 0.25) is 0 Å². The first kappa shape index (κ1) is 22.0. The number of amides is 1. The number of nitrogens with one attached hydrogen (secondary N) is 1. The normalized spacial score (nSPS) is 11.1. The second kappa shape index (κ2) is 9.25. The molecule has 2 aromatic rings. The minimum atomic E-state index is -0.748. The van der Waals surface area contributed by atoms with E-state index in [0.29, 0.717) is 13.0 Å². The summed E-state index contributed by atoms with van der Waals surface area (Å²) in [4.78, 5) is 45.4. The Kier molecular flexibility index (Phi) is 7.26. The van der Waals surface area contributed by atoms with E-state index in [1.54, 1.807) is 0 Å². The molecule has 0 fully saturated rings. The zero-order chi connectivity index (χ0) is 21.0. The van der Waals surface area contributed by atoms with Crippen molar-refractivity contribution in [3.8, 4) is 0 Å². The molecule has 2 rings (SSSR count). The second-order valence-corrected chi connectivity index (χ2v) is 7.57. The fourth-order valence-electron chi connectivity index (χ4n) is 2.71. The smallest absolute Gasteiger partial charge is 0.330 e. The Bertz CT molecular complexity index is 984. The zero-order valence-corrected chi connectivity index (χ0v) is 17.5. The van der Waals surface area contributed by atoms with Crippen molar-refractivity contribution >= 4 is 40.6 Å². The van der Waals surface area contributed by atoms with Gasteiger partial charge in [0.1, 0.15) is 16.7 Å². The van der Waals surface area contributed by atoms with Gasteiger partial charge in [-0.1, -0.05) is 50.4 Å². The van der Waals surface area contributed by atoms with E-state index in [4.69, 9.17) is 28.9 Å². The van der Waals surface area contributed by atoms with Crippen LogP contribution in [0.4, 0.5) is 11.5 Å². The van der Waals surface area contributed by atoms with Gasteiger partial charge in [0.15, 0.2) is 5.69 Å². The predicted octanol–water partition coefficient (Wildman–Crippen LogP) is 2.92. The quantitative estimate of drug-likeness (QED) is 0.659. The molecule has 0 atom stereocenters. The maximum absolute atomic E-state index is 13.2. The molecular formula is C18H23Cl2N5O3. The van der Waals surface area contributed by atoms with Gasteiger partial charge in [-0.25, -0.2) is 9.78 Å². The molecule has 10 heteroatoms. The first-order chi connectivity index (χ1) is 13.2. The van der Waals surface area contributed by atoms with E-state index in [1.807, 2.05) is 20.8 Å². The van der Waals surface area contributed by atoms with Crippen LogP contribution in [0.15, 0.2) is 21.7 Å². The summed E-state index contributed by atoms with van der Waals surface area (Å²) >= 11 is 12.0. The summed E-state index contributed by atoms with van der Waals surface area (Å²) in [5.41, 5.74) is 4.59. The Morgan fingerprint density at radius 3 is 2.61 bits per heavy atom. The van der Waals surface area contributed by atoms with Gasteiger partial charge in [-0.15, -0.1) is 0 Å². The molecule has 8 nitrogen and oxygen atoms in total. The number of carbonyl (C=O) groups is 1. The lowest BCUT2D eigenvalue weighted by Crippen LogP contribution is -2.43. The van der Waals surface area contributed by atoms with Gasteiger partial charge < -0.3 is 5.73 Å². The van der Waals surface area contributed by atoms with Crippen LogP contribution in [0.25, 0.3) is 0 Å². The third-order valence-corrected chi connectivity index (χ3v) is 4.54. The number of hydrogen-bond donors (Lipinski definition) is 2. The van der Waals surface area contributed by atoms with Crippen LogP contribution in [0.1, 0.15) is 44.1 Å². The largest absolute Gasteiger partial charge is 0.383 e. The number of unbranched alkanes of at least 4 members (excludes halogenated alkanes) is 1. The summed E-state index contributed by atoms with van der Waals surface area (Å²) in [6.45, 7) is 6.22. The maximum Gasteiger partial charge on any atom is 0.330 e. The Balaban J connectivity index is 2.66. The number of H-pyrrole nitrogens is 1. The Labute approximate surface area is 172 Å². The average Bonchev–Trinajstić information content (AvgIpc) is 2.61. The van der Waals surface area contributed by atoms with E-state index in [9.17, 15) is 14.4 Å². The Morgan fingerprint density at radius 1 is 1.32 bits per heavy atom. The number of aromatic nitrogens is 3. The summed E-state index contributed by atoms with van der Waals surface area (Å²) < 4.78 is 1.26. The van der Waals surface area contributed by atoms with Gasteiger partial charge in [-0.05, 0) is 24.5 Å². The van der Waals surface area contributed by atoms with Gasteiger partial charge in [0, 0.05) is 13.1 Å². The number of aromatic amines is 1. The molecule has 0 saturated heterocycles. The molecule has 3 N–H and O–H groups in total. The summed E-state index contributed by atoms with van der Waals surface area (Å²) in [7, 11) is 0. The van der Waals surface area contributed by atoms with Crippen molar-refractivity contribution in [3.05, 3.63) is 48.8 Å². The summed E-state index contributed by atoms with van der Waals surface area (Å²) in [6, 6.07) is 2.91. The minimum Gasteiger partial charge on any atom is -0.383 e. The summed E-state index contributed by atoms with van der Waals surface area (Å²) in [5.74, 6) is -0.704. The van der Waals surface area contributed by atoms with Crippen molar-refractivity contribution in [3.63, 3.8) is 0 Å². The molecule has 0 saturated carbocycles. The Morgan fingerprint density at radius 2 is 2.00 bits per heavy atom. The van der Waals surface area contributed by atoms with Crippen LogP contribution >= 0.6 is 23.2 Å². The highest BCUT2D eigenvalue weighted by atomic mass is 35.5. The van der Waals surface area contributed by atoms with Gasteiger partial charge in [-0.2, -0.15) is 0 Å². The van der Waals surface area contributed by atoms with Crippen molar-refractivity contribution in [2.24, 2.45) is 5.92 Å². The summed E-state index contributed by atoms with van der Waals surface area (Å²) in [6.07, 6.45) is 1.52. The standard InChI is InChI=1S/C18H23Cl2N5O3/c1-4-5-8-24-15(21)14(16(26)23-18(24)28)25(9-10(2)3)17(27)13-11(19)6-7-12(20)22-13/h6-7,10H,4-5,8-9,21H2,1-3H3,(H,23,26,28). The van der Waals surface area contributed by atoms with Crippen molar-refractivity contribution in [1.29, 1.82) is 0 Å². The number of anilines is 2. The van der Waals surface area contributed by atoms with Crippen LogP contribution in [0.3, 0.4) is 0 Å². The Hall–Kier alpha value is -2.32. The van der Waals surface area contributed by atoms with E-state index in [-0.39, 0.29) is 39.8 Å². The number of nitrogens with two attached hydrogens (primary N) is 1. The fraction of sp³-hybridized carbons (Fsp3) is 0.444. The van der Waals surface area contributed by atoms with Crippen LogP contribution < -0.4 is 21.9 Å². The molecular weight excluding hydrogens is 405 g/mol. The van der Waals surface area contributed by atoms with Crippen LogP contribution in [0.5, 0.6) is 0 Å². The number of nitrogen functional groups attached to an aromatic ring is 1. The van der Waals surface area contributed by atoms with Crippen LogP contribution in [0.2, 0.25) is 10.2 Å². The number of rotatable bonds is 7. The maximum atomic E-state index is 13.2. The fourth-order valence-corrected chi connectivity index (χ4v) is 3.05. The molecule has 0 unspecified atom stereocenters. The van der Waals surface area contributed by atoms with Gasteiger partial charge in [0.25, 0.3) is 11.5 Å². The van der Waals surface area contributed by atoms with Gasteiger partial charge >= 0.3 is 5.69 Å². The van der Waals surface area contributed by atoms with E-state index >= 15 is 0 Å². The van der Waals surface area contributed by atoms with Crippen molar-refractivity contribution < 1.29 is 4.79 Å². The molecule has 0 spiro atoms. The highest BCUT2D eigenvalue weighted by Gasteiger charge is 2.28. The van der Waals surface area contributed by atoms with Crippen LogP contribution in [0, 0.1) is 5.92 Å². The first-order valence-electron chi connectivity index (χ1n) is 8.93. The molecule has 0 aliphatic rings. The molecule has 2 heterocycles. The monoisotopic (exact) mass is 427 g/mol. The predicted molar refractivity (Wildman–Crippen MR) is 111 cm³/mol. The third-order valence-electron chi connectivity index (χ3n) is 4.03. The molecule has 0 bridgehead atoms. The van der Waals surface area contributed by atoms with Gasteiger partial charge in [-0.3, -0.25) is 24.0 Å². The third kappa shape index (κ3) is 4.74. The lowest BCUT2D eigenvalue weighted by atomic mass is 10.1. The molecule has 0 aromatic carbocycles. The molecule has 28 heavy (non-hydrogen) atoms. The van der Waals surface area contributed by atoms with E-state index in [1.165, 1.54) is 21.6 Å². The SMILES string of the molecule is CCCCn1c(N)c(N(CC(C)C)C(=O)c2nc(Cl)ccc2Cl)c(=O)[nH]c1=O. The van der Waals surface area contributed by atoms with Crippen molar-refractivity contribution in [2.45, 2.75) is 40.2 Å². The van der Waals surface area contributed by atoms with Crippen molar-refractivity contribution in [2.75, 3.05) is 17.2 Å². The molecule has 0 aliphatic carbocycles.